The Balaban J connectivity index is 2.67. The Morgan fingerprint density at radius 3 is 2.33 bits per heavy atom. The van der Waals surface area contributed by atoms with E-state index in [0.29, 0.717) is 17.9 Å². The molecule has 1 unspecified atom stereocenters. The summed E-state index contributed by atoms with van der Waals surface area (Å²) < 4.78 is 0. The van der Waals surface area contributed by atoms with Gasteiger partial charge in [-0.05, 0) is 5.92 Å². The third-order valence-corrected chi connectivity index (χ3v) is 4.68. The van der Waals surface area contributed by atoms with Gasteiger partial charge in [0.1, 0.15) is 0 Å². The Kier molecular flexibility index (Phi) is 8.54. The summed E-state index contributed by atoms with van der Waals surface area (Å²) in [6.07, 6.45) is 3.88. The molecule has 0 amide bonds. The molecule has 0 aromatic heterocycles. The van der Waals surface area contributed by atoms with Crippen LogP contribution in [0.25, 0.3) is 0 Å². The van der Waals surface area contributed by atoms with Crippen molar-refractivity contribution in [3.8, 4) is 0 Å². The first-order valence-corrected chi connectivity index (χ1v) is 8.84. The third-order valence-electron chi connectivity index (χ3n) is 3.74. The van der Waals surface area contributed by atoms with Gasteiger partial charge >= 0.3 is 0 Å². The molecule has 1 aliphatic rings. The SMILES string of the molecule is C=CCN(CC=C)C(CN=C(N)N1CCSCC1)C(C)C. The lowest BCUT2D eigenvalue weighted by Crippen LogP contribution is -2.45. The highest BCUT2D eigenvalue weighted by Crippen LogP contribution is 2.13. The Morgan fingerprint density at radius 2 is 1.86 bits per heavy atom. The monoisotopic (exact) mass is 310 g/mol. The second-order valence-electron chi connectivity index (χ2n) is 5.64. The predicted molar refractivity (Wildman–Crippen MR) is 96.0 cm³/mol. The van der Waals surface area contributed by atoms with Gasteiger partial charge in [-0.3, -0.25) is 9.89 Å². The molecule has 120 valence electrons. The second-order valence-corrected chi connectivity index (χ2v) is 6.87. The van der Waals surface area contributed by atoms with Crippen molar-refractivity contribution in [3.63, 3.8) is 0 Å². The number of hydrogen-bond donors (Lipinski definition) is 1. The van der Waals surface area contributed by atoms with E-state index in [4.69, 9.17) is 5.73 Å². The van der Waals surface area contributed by atoms with Gasteiger partial charge in [-0.1, -0.05) is 26.0 Å². The molecule has 21 heavy (non-hydrogen) atoms. The first-order chi connectivity index (χ1) is 10.1. The van der Waals surface area contributed by atoms with Crippen LogP contribution < -0.4 is 5.73 Å². The molecule has 2 N–H and O–H groups in total. The highest BCUT2D eigenvalue weighted by Gasteiger charge is 2.20. The molecule has 0 aromatic carbocycles. The van der Waals surface area contributed by atoms with E-state index in [1.165, 1.54) is 0 Å². The zero-order chi connectivity index (χ0) is 15.7. The maximum absolute atomic E-state index is 6.15. The molecule has 1 fully saturated rings. The number of nitrogens with two attached hydrogens (primary N) is 1. The van der Waals surface area contributed by atoms with Crippen LogP contribution in [0.15, 0.2) is 30.3 Å². The van der Waals surface area contributed by atoms with Gasteiger partial charge in [0.05, 0.1) is 6.54 Å². The van der Waals surface area contributed by atoms with Gasteiger partial charge in [0, 0.05) is 43.7 Å². The van der Waals surface area contributed by atoms with Gasteiger partial charge < -0.3 is 10.6 Å². The summed E-state index contributed by atoms with van der Waals surface area (Å²) in [6.45, 7) is 16.6. The van der Waals surface area contributed by atoms with Gasteiger partial charge in [0.2, 0.25) is 0 Å². The number of nitrogens with zero attached hydrogens (tertiary/aromatic N) is 3. The number of rotatable bonds is 8. The summed E-state index contributed by atoms with van der Waals surface area (Å²) in [7, 11) is 0. The molecule has 5 heteroatoms. The van der Waals surface area contributed by atoms with Crippen molar-refractivity contribution in [2.75, 3.05) is 44.2 Å². The fourth-order valence-electron chi connectivity index (χ4n) is 2.50. The summed E-state index contributed by atoms with van der Waals surface area (Å²) in [4.78, 5) is 9.20. The van der Waals surface area contributed by atoms with Crippen LogP contribution in [0.1, 0.15) is 13.8 Å². The third kappa shape index (κ3) is 6.14. The lowest BCUT2D eigenvalue weighted by Gasteiger charge is -2.33. The molecule has 1 atom stereocenters. The Labute approximate surface area is 134 Å². The number of hydrogen-bond acceptors (Lipinski definition) is 3. The quantitative estimate of drug-likeness (QED) is 0.423. The molecule has 0 aliphatic carbocycles. The first-order valence-electron chi connectivity index (χ1n) is 7.68. The molecule has 4 nitrogen and oxygen atoms in total. The second kappa shape index (κ2) is 9.90. The first kappa shape index (κ1) is 18.1. The lowest BCUT2D eigenvalue weighted by molar-refractivity contribution is 0.195. The van der Waals surface area contributed by atoms with Crippen LogP contribution >= 0.6 is 11.8 Å². The van der Waals surface area contributed by atoms with E-state index in [-0.39, 0.29) is 0 Å². The fraction of sp³-hybridized carbons (Fsp3) is 0.688. The Bertz CT molecular complexity index is 338. The van der Waals surface area contributed by atoms with E-state index >= 15 is 0 Å². The van der Waals surface area contributed by atoms with Gasteiger partial charge in [-0.2, -0.15) is 11.8 Å². The molecule has 0 bridgehead atoms. The van der Waals surface area contributed by atoms with E-state index in [1.807, 2.05) is 23.9 Å². The summed E-state index contributed by atoms with van der Waals surface area (Å²) in [5, 5.41) is 0. The van der Waals surface area contributed by atoms with Crippen molar-refractivity contribution in [1.82, 2.24) is 9.80 Å². The van der Waals surface area contributed by atoms with Crippen molar-refractivity contribution in [1.29, 1.82) is 0 Å². The van der Waals surface area contributed by atoms with E-state index in [9.17, 15) is 0 Å². The molecule has 0 spiro atoms. The van der Waals surface area contributed by atoms with E-state index in [1.54, 1.807) is 0 Å². The van der Waals surface area contributed by atoms with Gasteiger partial charge in [0.25, 0.3) is 0 Å². The van der Waals surface area contributed by atoms with Gasteiger partial charge in [-0.25, -0.2) is 0 Å². The topological polar surface area (TPSA) is 44.9 Å². The molecule has 1 rings (SSSR count). The number of guanidine groups is 1. The molecule has 1 heterocycles. The molecule has 0 radical (unpaired) electrons. The summed E-state index contributed by atoms with van der Waals surface area (Å²) in [6, 6.07) is 0.360. The van der Waals surface area contributed by atoms with Crippen molar-refractivity contribution in [3.05, 3.63) is 25.3 Å². The van der Waals surface area contributed by atoms with Crippen LogP contribution in [-0.2, 0) is 0 Å². The lowest BCUT2D eigenvalue weighted by atomic mass is 10.0. The van der Waals surface area contributed by atoms with Crippen molar-refractivity contribution < 1.29 is 0 Å². The summed E-state index contributed by atoms with van der Waals surface area (Å²) in [5.74, 6) is 3.49. The van der Waals surface area contributed by atoms with E-state index in [0.717, 1.165) is 44.2 Å². The predicted octanol–water partition coefficient (Wildman–Crippen LogP) is 2.05. The molecule has 0 saturated carbocycles. The van der Waals surface area contributed by atoms with Gasteiger partial charge in [0.15, 0.2) is 5.96 Å². The van der Waals surface area contributed by atoms with Crippen LogP contribution in [0, 0.1) is 5.92 Å². The highest BCUT2D eigenvalue weighted by atomic mass is 32.2. The van der Waals surface area contributed by atoms with Crippen molar-refractivity contribution in [2.45, 2.75) is 19.9 Å². The maximum Gasteiger partial charge on any atom is 0.191 e. The van der Waals surface area contributed by atoms with Gasteiger partial charge in [-0.15, -0.1) is 13.2 Å². The maximum atomic E-state index is 6.15. The molecule has 1 saturated heterocycles. The standard InChI is InChI=1S/C16H30N4S/c1-5-7-19(8-6-2)15(14(3)4)13-18-16(17)20-9-11-21-12-10-20/h5-6,14-15H,1-2,7-13H2,3-4H3,(H2,17,18). The van der Waals surface area contributed by atoms with Crippen molar-refractivity contribution >= 4 is 17.7 Å². The minimum absolute atomic E-state index is 0.360. The minimum Gasteiger partial charge on any atom is -0.370 e. The smallest absolute Gasteiger partial charge is 0.191 e. The average molecular weight is 311 g/mol. The number of aliphatic imine (C=N–C) groups is 1. The van der Waals surface area contributed by atoms with Crippen LogP contribution in [0.5, 0.6) is 0 Å². The molecular formula is C16H30N4S. The highest BCUT2D eigenvalue weighted by molar-refractivity contribution is 7.99. The van der Waals surface area contributed by atoms with Crippen molar-refractivity contribution in [2.24, 2.45) is 16.6 Å². The minimum atomic E-state index is 0.360. The van der Waals surface area contributed by atoms with Crippen LogP contribution in [0.2, 0.25) is 0 Å². The zero-order valence-corrected chi connectivity index (χ0v) is 14.3. The summed E-state index contributed by atoms with van der Waals surface area (Å²) in [5.41, 5.74) is 6.15. The molecule has 0 aromatic rings. The Morgan fingerprint density at radius 1 is 1.29 bits per heavy atom. The molecular weight excluding hydrogens is 280 g/mol. The summed E-state index contributed by atoms with van der Waals surface area (Å²) >= 11 is 1.98. The van der Waals surface area contributed by atoms with E-state index in [2.05, 4.69) is 41.8 Å². The normalized spacial score (nSPS) is 18.1. The average Bonchev–Trinajstić information content (AvgIpc) is 2.48. The fourth-order valence-corrected chi connectivity index (χ4v) is 3.41. The largest absolute Gasteiger partial charge is 0.370 e. The van der Waals surface area contributed by atoms with E-state index < -0.39 is 0 Å². The van der Waals surface area contributed by atoms with Crippen LogP contribution in [0.3, 0.4) is 0 Å². The van der Waals surface area contributed by atoms with Crippen LogP contribution in [-0.4, -0.2) is 66.0 Å². The van der Waals surface area contributed by atoms with Crippen LogP contribution in [0.4, 0.5) is 0 Å². The number of thioether (sulfide) groups is 1. The zero-order valence-electron chi connectivity index (χ0n) is 13.5. The molecule has 1 aliphatic heterocycles. The Hall–Kier alpha value is -0.940.